The van der Waals surface area contributed by atoms with Gasteiger partial charge in [-0.15, -0.1) is 0 Å². The Kier molecular flexibility index (Phi) is 2.22. The SMILES string of the molecule is CC(C)=CC1CC1(C)c1ccccc1. The maximum absolute atomic E-state index is 2.41. The number of rotatable bonds is 2. The van der Waals surface area contributed by atoms with E-state index >= 15 is 0 Å². The van der Waals surface area contributed by atoms with E-state index in [1.165, 1.54) is 17.6 Å². The third-order valence-electron chi connectivity index (χ3n) is 3.27. The standard InChI is InChI=1S/C14H18/c1-11(2)9-13-10-14(13,3)12-7-5-4-6-8-12/h4-9,13H,10H2,1-3H3. The van der Waals surface area contributed by atoms with Crippen LogP contribution in [-0.2, 0) is 5.41 Å². The molecule has 1 aromatic rings. The molecule has 1 aromatic carbocycles. The second kappa shape index (κ2) is 3.27. The fourth-order valence-corrected chi connectivity index (χ4v) is 2.19. The second-order valence-electron chi connectivity index (χ2n) is 4.84. The molecule has 0 radical (unpaired) electrons. The lowest BCUT2D eigenvalue weighted by Crippen LogP contribution is -2.02. The Morgan fingerprint density at radius 2 is 1.93 bits per heavy atom. The van der Waals surface area contributed by atoms with E-state index in [1.807, 2.05) is 0 Å². The molecular weight excluding hydrogens is 168 g/mol. The first-order valence-electron chi connectivity index (χ1n) is 5.33. The zero-order valence-electron chi connectivity index (χ0n) is 9.25. The number of benzene rings is 1. The van der Waals surface area contributed by atoms with Gasteiger partial charge < -0.3 is 0 Å². The summed E-state index contributed by atoms with van der Waals surface area (Å²) in [5, 5.41) is 0. The molecule has 1 aliphatic rings. The van der Waals surface area contributed by atoms with Crippen molar-refractivity contribution in [3.63, 3.8) is 0 Å². The van der Waals surface area contributed by atoms with E-state index in [-0.39, 0.29) is 0 Å². The van der Waals surface area contributed by atoms with Crippen molar-refractivity contribution in [2.24, 2.45) is 5.92 Å². The molecule has 0 N–H and O–H groups in total. The van der Waals surface area contributed by atoms with Crippen molar-refractivity contribution >= 4 is 0 Å². The molecule has 2 unspecified atom stereocenters. The van der Waals surface area contributed by atoms with Crippen LogP contribution >= 0.6 is 0 Å². The maximum atomic E-state index is 2.41. The van der Waals surface area contributed by atoms with Gasteiger partial charge in [0.15, 0.2) is 0 Å². The Morgan fingerprint density at radius 1 is 1.29 bits per heavy atom. The summed E-state index contributed by atoms with van der Waals surface area (Å²) in [6, 6.07) is 10.9. The van der Waals surface area contributed by atoms with Crippen LogP contribution in [0.3, 0.4) is 0 Å². The summed E-state index contributed by atoms with van der Waals surface area (Å²) in [7, 11) is 0. The molecule has 0 saturated heterocycles. The van der Waals surface area contributed by atoms with Gasteiger partial charge in [-0.1, -0.05) is 48.9 Å². The molecule has 0 bridgehead atoms. The van der Waals surface area contributed by atoms with Gasteiger partial charge in [0.2, 0.25) is 0 Å². The van der Waals surface area contributed by atoms with E-state index in [0.717, 1.165) is 5.92 Å². The van der Waals surface area contributed by atoms with E-state index in [1.54, 1.807) is 0 Å². The van der Waals surface area contributed by atoms with Crippen LogP contribution < -0.4 is 0 Å². The molecule has 0 heterocycles. The lowest BCUT2D eigenvalue weighted by molar-refractivity contribution is 0.734. The molecular formula is C14H18. The minimum Gasteiger partial charge on any atom is -0.0819 e. The second-order valence-corrected chi connectivity index (χ2v) is 4.84. The third kappa shape index (κ3) is 1.61. The van der Waals surface area contributed by atoms with Gasteiger partial charge in [0.1, 0.15) is 0 Å². The van der Waals surface area contributed by atoms with Crippen molar-refractivity contribution in [3.8, 4) is 0 Å². The smallest absolute Gasteiger partial charge is 0.000624 e. The molecule has 0 spiro atoms. The fourth-order valence-electron chi connectivity index (χ4n) is 2.19. The molecule has 2 rings (SSSR count). The van der Waals surface area contributed by atoms with E-state index < -0.39 is 0 Å². The molecule has 1 saturated carbocycles. The highest BCUT2D eigenvalue weighted by Gasteiger charge is 2.49. The van der Waals surface area contributed by atoms with Crippen LogP contribution in [0.1, 0.15) is 32.8 Å². The molecule has 0 aliphatic heterocycles. The van der Waals surface area contributed by atoms with Gasteiger partial charge in [-0.25, -0.2) is 0 Å². The van der Waals surface area contributed by atoms with E-state index in [2.05, 4.69) is 57.2 Å². The molecule has 0 aromatic heterocycles. The summed E-state index contributed by atoms with van der Waals surface area (Å²) in [6.45, 7) is 6.74. The Balaban J connectivity index is 2.19. The summed E-state index contributed by atoms with van der Waals surface area (Å²) in [5.74, 6) is 0.759. The lowest BCUT2D eigenvalue weighted by atomic mass is 9.95. The van der Waals surface area contributed by atoms with E-state index in [0.29, 0.717) is 5.41 Å². The summed E-state index contributed by atoms with van der Waals surface area (Å²) < 4.78 is 0. The van der Waals surface area contributed by atoms with Crippen molar-refractivity contribution in [2.75, 3.05) is 0 Å². The van der Waals surface area contributed by atoms with Crippen molar-refractivity contribution in [1.29, 1.82) is 0 Å². The molecule has 0 heteroatoms. The zero-order chi connectivity index (χ0) is 10.2. The van der Waals surface area contributed by atoms with Gasteiger partial charge in [-0.3, -0.25) is 0 Å². The normalized spacial score (nSPS) is 29.8. The van der Waals surface area contributed by atoms with Crippen LogP contribution in [0.4, 0.5) is 0 Å². The Hall–Kier alpha value is -1.04. The first kappa shape index (κ1) is 9.51. The van der Waals surface area contributed by atoms with E-state index in [4.69, 9.17) is 0 Å². The summed E-state index contributed by atoms with van der Waals surface area (Å²) in [6.07, 6.45) is 3.72. The fraction of sp³-hybridized carbons (Fsp3) is 0.429. The van der Waals surface area contributed by atoms with Crippen molar-refractivity contribution < 1.29 is 0 Å². The van der Waals surface area contributed by atoms with Crippen LogP contribution in [0.5, 0.6) is 0 Å². The molecule has 0 nitrogen and oxygen atoms in total. The third-order valence-corrected chi connectivity index (χ3v) is 3.27. The topological polar surface area (TPSA) is 0 Å². The van der Waals surface area contributed by atoms with Crippen molar-refractivity contribution in [3.05, 3.63) is 47.5 Å². The predicted molar refractivity (Wildman–Crippen MR) is 61.3 cm³/mol. The van der Waals surface area contributed by atoms with Gasteiger partial charge in [0, 0.05) is 0 Å². The van der Waals surface area contributed by atoms with E-state index in [9.17, 15) is 0 Å². The highest BCUT2D eigenvalue weighted by molar-refractivity contribution is 5.35. The van der Waals surface area contributed by atoms with Crippen LogP contribution in [0.15, 0.2) is 42.0 Å². The Labute approximate surface area is 86.7 Å². The number of hydrogen-bond donors (Lipinski definition) is 0. The summed E-state index contributed by atoms with van der Waals surface area (Å²) in [5.41, 5.74) is 3.34. The molecule has 1 aliphatic carbocycles. The van der Waals surface area contributed by atoms with Crippen LogP contribution in [0.25, 0.3) is 0 Å². The van der Waals surface area contributed by atoms with Gasteiger partial charge >= 0.3 is 0 Å². The highest BCUT2D eigenvalue weighted by Crippen LogP contribution is 2.54. The van der Waals surface area contributed by atoms with Gasteiger partial charge in [-0.2, -0.15) is 0 Å². The highest BCUT2D eigenvalue weighted by atomic mass is 14.5. The zero-order valence-corrected chi connectivity index (χ0v) is 9.25. The van der Waals surface area contributed by atoms with Gasteiger partial charge in [0.25, 0.3) is 0 Å². The Morgan fingerprint density at radius 3 is 2.50 bits per heavy atom. The largest absolute Gasteiger partial charge is 0.0819 e. The minimum atomic E-state index is 0.415. The first-order valence-corrected chi connectivity index (χ1v) is 5.33. The molecule has 1 fully saturated rings. The molecule has 0 amide bonds. The van der Waals surface area contributed by atoms with Gasteiger partial charge in [-0.05, 0) is 37.2 Å². The lowest BCUT2D eigenvalue weighted by Gasteiger charge is -2.09. The van der Waals surface area contributed by atoms with Gasteiger partial charge in [0.05, 0.1) is 0 Å². The number of hydrogen-bond acceptors (Lipinski definition) is 0. The first-order chi connectivity index (χ1) is 6.63. The average molecular weight is 186 g/mol. The van der Waals surface area contributed by atoms with Crippen LogP contribution in [0.2, 0.25) is 0 Å². The maximum Gasteiger partial charge on any atom is -0.000624 e. The van der Waals surface area contributed by atoms with Crippen LogP contribution in [0, 0.1) is 5.92 Å². The summed E-state index contributed by atoms with van der Waals surface area (Å²) in [4.78, 5) is 0. The average Bonchev–Trinajstić information content (AvgIpc) is 2.79. The Bertz CT molecular complexity index is 344. The monoisotopic (exact) mass is 186 g/mol. The van der Waals surface area contributed by atoms with Crippen molar-refractivity contribution in [2.45, 2.75) is 32.6 Å². The predicted octanol–water partition coefficient (Wildman–Crippen LogP) is 3.93. The minimum absolute atomic E-state index is 0.415. The summed E-state index contributed by atoms with van der Waals surface area (Å²) >= 11 is 0. The van der Waals surface area contributed by atoms with Crippen LogP contribution in [-0.4, -0.2) is 0 Å². The van der Waals surface area contributed by atoms with Crippen molar-refractivity contribution in [1.82, 2.24) is 0 Å². The molecule has 74 valence electrons. The quantitative estimate of drug-likeness (QED) is 0.614. The molecule has 2 atom stereocenters. The molecule has 14 heavy (non-hydrogen) atoms. The number of allylic oxidation sites excluding steroid dienone is 2.